The molecule has 0 aliphatic carbocycles. The Labute approximate surface area is 158 Å². The largest absolute Gasteiger partial charge is 0.454 e. The van der Waals surface area contributed by atoms with Gasteiger partial charge in [0.15, 0.2) is 11.5 Å². The minimum absolute atomic E-state index is 0.0494. The molecule has 27 heavy (non-hydrogen) atoms. The van der Waals surface area contributed by atoms with Gasteiger partial charge in [0.05, 0.1) is 15.6 Å². The predicted octanol–water partition coefficient (Wildman–Crippen LogP) is 3.59. The maximum atomic E-state index is 13.0. The lowest BCUT2D eigenvalue weighted by molar-refractivity contribution is 0.103. The van der Waals surface area contributed by atoms with Crippen LogP contribution in [-0.2, 0) is 10.0 Å². The minimum atomic E-state index is -3.97. The first kappa shape index (κ1) is 16.2. The van der Waals surface area contributed by atoms with E-state index >= 15 is 0 Å². The van der Waals surface area contributed by atoms with Gasteiger partial charge in [0.1, 0.15) is 0 Å². The number of amides is 1. The van der Waals surface area contributed by atoms with Gasteiger partial charge in [-0.05, 0) is 18.2 Å². The third kappa shape index (κ3) is 2.41. The van der Waals surface area contributed by atoms with E-state index in [9.17, 15) is 13.2 Å². The highest BCUT2D eigenvalue weighted by Gasteiger charge is 2.27. The fraction of sp³-hybridized carbons (Fsp3) is 0.0556. The standard InChI is InChI=1S/C18H11ClN2O5S/c19-11-6-14-15(26-8-25-14)7-13(11)21-27(23,24)16-5-4-12-17-9(16)2-1-3-10(17)18(22)20-12/h1-7,21H,8H2,(H,20,22). The second kappa shape index (κ2) is 5.51. The number of fused-ring (bicyclic) bond motifs is 1. The molecule has 2 heterocycles. The normalized spacial score (nSPS) is 14.5. The Kier molecular flexibility index (Phi) is 3.31. The molecule has 7 nitrogen and oxygen atoms in total. The summed E-state index contributed by atoms with van der Waals surface area (Å²) in [5.41, 5.74) is 1.21. The monoisotopic (exact) mass is 402 g/mol. The van der Waals surface area contributed by atoms with E-state index in [1.807, 2.05) is 0 Å². The van der Waals surface area contributed by atoms with Crippen molar-refractivity contribution in [2.45, 2.75) is 4.90 Å². The van der Waals surface area contributed by atoms with Crippen LogP contribution in [0.3, 0.4) is 0 Å². The van der Waals surface area contributed by atoms with Crippen LogP contribution in [0.2, 0.25) is 5.02 Å². The molecule has 0 unspecified atom stereocenters. The van der Waals surface area contributed by atoms with Crippen LogP contribution in [0.4, 0.5) is 11.4 Å². The van der Waals surface area contributed by atoms with Crippen LogP contribution in [0.5, 0.6) is 11.5 Å². The first-order chi connectivity index (χ1) is 12.9. The lowest BCUT2D eigenvalue weighted by Gasteiger charge is -2.13. The molecule has 2 aliphatic heterocycles. The number of benzene rings is 3. The van der Waals surface area contributed by atoms with Crippen LogP contribution in [-0.4, -0.2) is 21.1 Å². The van der Waals surface area contributed by atoms with Gasteiger partial charge in [-0.3, -0.25) is 9.52 Å². The zero-order valence-electron chi connectivity index (χ0n) is 13.6. The zero-order chi connectivity index (χ0) is 18.8. The molecule has 5 rings (SSSR count). The summed E-state index contributed by atoms with van der Waals surface area (Å²) in [6.45, 7) is 0.0533. The van der Waals surface area contributed by atoms with Crippen molar-refractivity contribution in [1.29, 1.82) is 0 Å². The van der Waals surface area contributed by atoms with Crippen LogP contribution < -0.4 is 19.5 Å². The number of ether oxygens (including phenoxy) is 2. The molecule has 0 fully saturated rings. The number of rotatable bonds is 3. The molecule has 136 valence electrons. The first-order valence-corrected chi connectivity index (χ1v) is 9.79. The van der Waals surface area contributed by atoms with Gasteiger partial charge in [-0.15, -0.1) is 0 Å². The second-order valence-corrected chi connectivity index (χ2v) is 8.14. The number of carbonyl (C=O) groups excluding carboxylic acids is 1. The van der Waals surface area contributed by atoms with E-state index < -0.39 is 10.0 Å². The Balaban J connectivity index is 1.63. The van der Waals surface area contributed by atoms with Crippen molar-refractivity contribution in [2.24, 2.45) is 0 Å². The van der Waals surface area contributed by atoms with E-state index in [0.29, 0.717) is 33.5 Å². The average molecular weight is 403 g/mol. The van der Waals surface area contributed by atoms with Crippen molar-refractivity contribution >= 4 is 49.7 Å². The molecule has 0 saturated heterocycles. The van der Waals surface area contributed by atoms with Crippen molar-refractivity contribution in [2.75, 3.05) is 16.8 Å². The van der Waals surface area contributed by atoms with Gasteiger partial charge in [-0.25, -0.2) is 8.42 Å². The molecule has 0 radical (unpaired) electrons. The molecule has 0 atom stereocenters. The maximum absolute atomic E-state index is 13.0. The van der Waals surface area contributed by atoms with Crippen LogP contribution in [0.1, 0.15) is 10.4 Å². The van der Waals surface area contributed by atoms with Crippen molar-refractivity contribution < 1.29 is 22.7 Å². The molecule has 0 aromatic heterocycles. The Morgan fingerprint density at radius 2 is 1.85 bits per heavy atom. The van der Waals surface area contributed by atoms with Gasteiger partial charge in [0, 0.05) is 34.2 Å². The number of nitrogens with one attached hydrogen (secondary N) is 2. The van der Waals surface area contributed by atoms with E-state index in [-0.39, 0.29) is 28.3 Å². The summed E-state index contributed by atoms with van der Waals surface area (Å²) in [7, 11) is -3.97. The lowest BCUT2D eigenvalue weighted by Crippen LogP contribution is -2.13. The zero-order valence-corrected chi connectivity index (χ0v) is 15.1. The van der Waals surface area contributed by atoms with Crippen molar-refractivity contribution in [3.63, 3.8) is 0 Å². The summed E-state index contributed by atoms with van der Waals surface area (Å²) < 4.78 is 39.1. The van der Waals surface area contributed by atoms with Crippen LogP contribution in [0.25, 0.3) is 10.8 Å². The summed E-state index contributed by atoms with van der Waals surface area (Å²) in [5.74, 6) is 0.613. The van der Waals surface area contributed by atoms with E-state index in [1.165, 1.54) is 18.2 Å². The molecule has 0 spiro atoms. The van der Waals surface area contributed by atoms with Crippen molar-refractivity contribution in [3.05, 3.63) is 53.1 Å². The van der Waals surface area contributed by atoms with E-state index in [0.717, 1.165) is 0 Å². The Hall–Kier alpha value is -2.97. The fourth-order valence-corrected chi connectivity index (χ4v) is 4.82. The summed E-state index contributed by atoms with van der Waals surface area (Å²) in [5, 5.41) is 3.95. The van der Waals surface area contributed by atoms with Gasteiger partial charge >= 0.3 is 0 Å². The second-order valence-electron chi connectivity index (χ2n) is 6.08. The number of hydrogen-bond donors (Lipinski definition) is 2. The number of halogens is 1. The molecule has 2 N–H and O–H groups in total. The van der Waals surface area contributed by atoms with Gasteiger partial charge in [-0.2, -0.15) is 0 Å². The number of carbonyl (C=O) groups is 1. The summed E-state index contributed by atoms with van der Waals surface area (Å²) in [6.07, 6.45) is 0. The van der Waals surface area contributed by atoms with E-state index in [2.05, 4.69) is 10.0 Å². The highest BCUT2D eigenvalue weighted by Crippen LogP contribution is 2.41. The SMILES string of the molecule is O=C1Nc2ccc(S(=O)(=O)Nc3cc4c(cc3Cl)OCO4)c3cccc1c23. The summed E-state index contributed by atoms with van der Waals surface area (Å²) >= 11 is 6.18. The van der Waals surface area contributed by atoms with Crippen molar-refractivity contribution in [3.8, 4) is 11.5 Å². The van der Waals surface area contributed by atoms with E-state index in [4.69, 9.17) is 21.1 Å². The average Bonchev–Trinajstić information content (AvgIpc) is 3.20. The smallest absolute Gasteiger partial charge is 0.262 e. The Morgan fingerprint density at radius 3 is 2.67 bits per heavy atom. The molecule has 3 aromatic rings. The minimum Gasteiger partial charge on any atom is -0.454 e. The van der Waals surface area contributed by atoms with Crippen LogP contribution >= 0.6 is 11.6 Å². The molecule has 3 aromatic carbocycles. The van der Waals surface area contributed by atoms with Crippen molar-refractivity contribution in [1.82, 2.24) is 0 Å². The first-order valence-electron chi connectivity index (χ1n) is 7.93. The third-order valence-corrected chi connectivity index (χ3v) is 6.23. The molecular weight excluding hydrogens is 392 g/mol. The number of anilines is 2. The molecule has 2 aliphatic rings. The highest BCUT2D eigenvalue weighted by atomic mass is 35.5. The Morgan fingerprint density at radius 1 is 1.07 bits per heavy atom. The molecule has 9 heteroatoms. The quantitative estimate of drug-likeness (QED) is 0.698. The molecule has 0 saturated carbocycles. The third-order valence-electron chi connectivity index (χ3n) is 4.49. The Bertz CT molecular complexity index is 1260. The number of hydrogen-bond acceptors (Lipinski definition) is 5. The summed E-state index contributed by atoms with van der Waals surface area (Å²) in [6, 6.07) is 11.0. The topological polar surface area (TPSA) is 93.7 Å². The fourth-order valence-electron chi connectivity index (χ4n) is 3.29. The predicted molar refractivity (Wildman–Crippen MR) is 100 cm³/mol. The van der Waals surface area contributed by atoms with Crippen LogP contribution in [0.15, 0.2) is 47.4 Å². The van der Waals surface area contributed by atoms with Crippen LogP contribution in [0, 0.1) is 0 Å². The molecular formula is C18H11ClN2O5S. The van der Waals surface area contributed by atoms with Gasteiger partial charge < -0.3 is 14.8 Å². The van der Waals surface area contributed by atoms with Gasteiger partial charge in [0.2, 0.25) is 6.79 Å². The maximum Gasteiger partial charge on any atom is 0.262 e. The molecule has 0 bridgehead atoms. The lowest BCUT2D eigenvalue weighted by atomic mass is 10.1. The highest BCUT2D eigenvalue weighted by molar-refractivity contribution is 7.93. The van der Waals surface area contributed by atoms with E-state index in [1.54, 1.807) is 24.3 Å². The number of sulfonamides is 1. The molecule has 1 amide bonds. The summed E-state index contributed by atoms with van der Waals surface area (Å²) in [4.78, 5) is 12.1. The van der Waals surface area contributed by atoms with Gasteiger partial charge in [0.25, 0.3) is 15.9 Å². The van der Waals surface area contributed by atoms with Gasteiger partial charge in [-0.1, -0.05) is 23.7 Å².